The molecule has 0 atom stereocenters. The highest BCUT2D eigenvalue weighted by atomic mass is 35.5. The average Bonchev–Trinajstić information content (AvgIpc) is 2.45. The smallest absolute Gasteiger partial charge is 0.352 e. The number of nitrogens with zero attached hydrogens (tertiary/aromatic N) is 3. The summed E-state index contributed by atoms with van der Waals surface area (Å²) in [5.41, 5.74) is -1.47. The highest BCUT2D eigenvalue weighted by Crippen LogP contribution is 2.29. The Bertz CT molecular complexity index is 785. The number of hydrogen-bond acceptors (Lipinski definition) is 4. The number of halogens is 2. The van der Waals surface area contributed by atoms with E-state index in [2.05, 4.69) is 5.10 Å². The van der Waals surface area contributed by atoms with Gasteiger partial charge in [0.1, 0.15) is 17.6 Å². The Kier molecular flexibility index (Phi) is 4.42. The molecule has 0 unspecified atom stereocenters. The predicted octanol–water partition coefficient (Wildman–Crippen LogP) is 1.51. The molecule has 2 rings (SSSR count). The predicted molar refractivity (Wildman–Crippen MR) is 75.8 cm³/mol. The largest absolute Gasteiger partial charge is 0.492 e. The van der Waals surface area contributed by atoms with Crippen LogP contribution in [0.15, 0.2) is 27.9 Å². The summed E-state index contributed by atoms with van der Waals surface area (Å²) in [6, 6.07) is 2.33. The van der Waals surface area contributed by atoms with Crippen LogP contribution in [0.4, 0.5) is 4.39 Å². The quantitative estimate of drug-likeness (QED) is 0.858. The Morgan fingerprint density at radius 1 is 1.38 bits per heavy atom. The second-order valence-corrected chi connectivity index (χ2v) is 4.73. The summed E-state index contributed by atoms with van der Waals surface area (Å²) in [5.74, 6) is -0.491. The highest BCUT2D eigenvalue weighted by molar-refractivity contribution is 6.32. The Morgan fingerprint density at radius 3 is 2.76 bits per heavy atom. The maximum Gasteiger partial charge on any atom is 0.352 e. The van der Waals surface area contributed by atoms with E-state index in [0.29, 0.717) is 6.61 Å². The maximum atomic E-state index is 14.0. The molecule has 8 heteroatoms. The third-order valence-corrected chi connectivity index (χ3v) is 3.07. The summed E-state index contributed by atoms with van der Waals surface area (Å²) in [6.45, 7) is 2.32. The van der Waals surface area contributed by atoms with E-state index >= 15 is 0 Å². The van der Waals surface area contributed by atoms with Crippen molar-refractivity contribution >= 4 is 11.6 Å². The van der Waals surface area contributed by atoms with Crippen LogP contribution in [0.1, 0.15) is 13.3 Å². The zero-order valence-electron chi connectivity index (χ0n) is 11.5. The molecule has 0 N–H and O–H groups in total. The molecule has 112 valence electrons. The van der Waals surface area contributed by atoms with Gasteiger partial charge in [-0.05, 0) is 12.5 Å². The van der Waals surface area contributed by atoms with E-state index in [1.54, 1.807) is 0 Å². The maximum absolute atomic E-state index is 14.0. The van der Waals surface area contributed by atoms with Crippen LogP contribution in [0.5, 0.6) is 5.75 Å². The van der Waals surface area contributed by atoms with Crippen LogP contribution in [0, 0.1) is 5.82 Å². The third kappa shape index (κ3) is 2.97. The molecule has 6 nitrogen and oxygen atoms in total. The van der Waals surface area contributed by atoms with Gasteiger partial charge in [-0.2, -0.15) is 9.78 Å². The van der Waals surface area contributed by atoms with Gasteiger partial charge in [0.15, 0.2) is 5.82 Å². The van der Waals surface area contributed by atoms with Crippen molar-refractivity contribution in [3.63, 3.8) is 0 Å². The van der Waals surface area contributed by atoms with Gasteiger partial charge in [0.2, 0.25) is 0 Å². The van der Waals surface area contributed by atoms with Crippen LogP contribution in [-0.4, -0.2) is 21.0 Å². The summed E-state index contributed by atoms with van der Waals surface area (Å²) >= 11 is 5.89. The molecule has 1 aromatic heterocycles. The third-order valence-electron chi connectivity index (χ3n) is 2.77. The van der Waals surface area contributed by atoms with Crippen molar-refractivity contribution in [2.75, 3.05) is 6.61 Å². The lowest BCUT2D eigenvalue weighted by molar-refractivity contribution is 0.317. The van der Waals surface area contributed by atoms with E-state index in [1.165, 1.54) is 13.1 Å². The Labute approximate surface area is 124 Å². The first-order chi connectivity index (χ1) is 9.95. The Hall–Kier alpha value is -2.15. The summed E-state index contributed by atoms with van der Waals surface area (Å²) in [6.07, 6.45) is 1.68. The average molecular weight is 314 g/mol. The topological polar surface area (TPSA) is 66.1 Å². The second kappa shape index (κ2) is 6.09. The first kappa shape index (κ1) is 15.2. The van der Waals surface area contributed by atoms with Gasteiger partial charge < -0.3 is 4.74 Å². The lowest BCUT2D eigenvalue weighted by Crippen LogP contribution is -2.38. The minimum Gasteiger partial charge on any atom is -0.492 e. The van der Waals surface area contributed by atoms with E-state index in [0.717, 1.165) is 27.9 Å². The summed E-state index contributed by atoms with van der Waals surface area (Å²) in [5, 5.41) is 3.75. The minimum absolute atomic E-state index is 0.0996. The van der Waals surface area contributed by atoms with Gasteiger partial charge in [0.05, 0.1) is 11.6 Å². The van der Waals surface area contributed by atoms with Crippen molar-refractivity contribution < 1.29 is 9.13 Å². The molecule has 0 saturated heterocycles. The normalized spacial score (nSPS) is 10.7. The Morgan fingerprint density at radius 2 is 2.10 bits per heavy atom. The van der Waals surface area contributed by atoms with Gasteiger partial charge in [0, 0.05) is 13.1 Å². The van der Waals surface area contributed by atoms with Crippen molar-refractivity contribution in [3.05, 3.63) is 50.0 Å². The molecule has 21 heavy (non-hydrogen) atoms. The van der Waals surface area contributed by atoms with Gasteiger partial charge in [-0.25, -0.2) is 9.18 Å². The van der Waals surface area contributed by atoms with E-state index in [-0.39, 0.29) is 16.5 Å². The number of ether oxygens (including phenoxy) is 1. The fourth-order valence-corrected chi connectivity index (χ4v) is 1.85. The molecule has 0 saturated carbocycles. The summed E-state index contributed by atoms with van der Waals surface area (Å²) in [4.78, 5) is 23.3. The molecule has 0 aliphatic heterocycles. The van der Waals surface area contributed by atoms with Gasteiger partial charge in [-0.1, -0.05) is 18.5 Å². The summed E-state index contributed by atoms with van der Waals surface area (Å²) < 4.78 is 21.0. The van der Waals surface area contributed by atoms with Gasteiger partial charge in [0.25, 0.3) is 5.56 Å². The lowest BCUT2D eigenvalue weighted by atomic mass is 10.3. The van der Waals surface area contributed by atoms with Crippen molar-refractivity contribution in [2.45, 2.75) is 13.3 Å². The molecule has 0 bridgehead atoms. The molecule has 2 aromatic rings. The SMILES string of the molecule is CCCOc1cc(-n2ncc(=O)n(C)c2=O)c(F)cc1Cl. The molecule has 0 radical (unpaired) electrons. The van der Waals surface area contributed by atoms with E-state index in [1.807, 2.05) is 6.92 Å². The number of aromatic nitrogens is 3. The van der Waals surface area contributed by atoms with E-state index in [9.17, 15) is 14.0 Å². The molecule has 1 aromatic carbocycles. The van der Waals surface area contributed by atoms with Crippen LogP contribution in [0.25, 0.3) is 5.69 Å². The van der Waals surface area contributed by atoms with Crippen molar-refractivity contribution in [3.8, 4) is 11.4 Å². The van der Waals surface area contributed by atoms with Crippen LogP contribution < -0.4 is 16.0 Å². The molecule has 1 heterocycles. The molecule has 0 spiro atoms. The summed E-state index contributed by atoms with van der Waals surface area (Å²) in [7, 11) is 1.28. The number of benzene rings is 1. The molecule has 0 amide bonds. The monoisotopic (exact) mass is 313 g/mol. The van der Waals surface area contributed by atoms with E-state index < -0.39 is 17.1 Å². The molecular formula is C13H13ClFN3O3. The van der Waals surface area contributed by atoms with Gasteiger partial charge in [-0.3, -0.25) is 9.36 Å². The molecule has 0 fully saturated rings. The van der Waals surface area contributed by atoms with Gasteiger partial charge >= 0.3 is 5.69 Å². The molecule has 0 aliphatic rings. The first-order valence-corrected chi connectivity index (χ1v) is 6.61. The molecule has 0 aliphatic carbocycles. The fraction of sp³-hybridized carbons (Fsp3) is 0.308. The van der Waals surface area contributed by atoms with Crippen molar-refractivity contribution in [1.29, 1.82) is 0 Å². The highest BCUT2D eigenvalue weighted by Gasteiger charge is 2.14. The Balaban J connectivity index is 2.61. The molecular weight excluding hydrogens is 301 g/mol. The second-order valence-electron chi connectivity index (χ2n) is 4.32. The van der Waals surface area contributed by atoms with Crippen LogP contribution in [-0.2, 0) is 7.05 Å². The zero-order valence-corrected chi connectivity index (χ0v) is 12.2. The van der Waals surface area contributed by atoms with Crippen LogP contribution in [0.3, 0.4) is 0 Å². The number of rotatable bonds is 4. The van der Waals surface area contributed by atoms with Crippen LogP contribution >= 0.6 is 11.6 Å². The van der Waals surface area contributed by atoms with Crippen molar-refractivity contribution in [2.24, 2.45) is 7.05 Å². The fourth-order valence-electron chi connectivity index (χ4n) is 1.65. The number of hydrogen-bond donors (Lipinski definition) is 0. The first-order valence-electron chi connectivity index (χ1n) is 6.23. The zero-order chi connectivity index (χ0) is 15.6. The van der Waals surface area contributed by atoms with E-state index in [4.69, 9.17) is 16.3 Å². The lowest BCUT2D eigenvalue weighted by Gasteiger charge is -2.11. The van der Waals surface area contributed by atoms with Gasteiger partial charge in [-0.15, -0.1) is 0 Å². The van der Waals surface area contributed by atoms with Crippen molar-refractivity contribution in [1.82, 2.24) is 14.3 Å². The van der Waals surface area contributed by atoms with Crippen LogP contribution in [0.2, 0.25) is 5.02 Å². The minimum atomic E-state index is -0.759. The standard InChI is InChI=1S/C13H13ClFN3O3/c1-3-4-21-11-6-10(9(15)5-8(11)14)18-13(20)17(2)12(19)7-16-18/h5-7H,3-4H2,1-2H3.